The molecule has 3 amide bonds. The van der Waals surface area contributed by atoms with E-state index in [2.05, 4.69) is 16.7 Å². The lowest BCUT2D eigenvalue weighted by molar-refractivity contribution is -0.138. The van der Waals surface area contributed by atoms with Gasteiger partial charge in [-0.05, 0) is 55.0 Å². The summed E-state index contributed by atoms with van der Waals surface area (Å²) in [4.78, 5) is 25.5. The summed E-state index contributed by atoms with van der Waals surface area (Å²) in [6, 6.07) is 8.63. The van der Waals surface area contributed by atoms with Gasteiger partial charge in [0, 0.05) is 19.1 Å². The van der Waals surface area contributed by atoms with Crippen LogP contribution in [0.4, 0.5) is 31.5 Å². The van der Waals surface area contributed by atoms with Gasteiger partial charge in [0.05, 0.1) is 17.0 Å². The Labute approximate surface area is 215 Å². The zero-order valence-corrected chi connectivity index (χ0v) is 20.2. The van der Waals surface area contributed by atoms with E-state index < -0.39 is 47.0 Å². The molecule has 1 saturated heterocycles. The molecule has 0 bridgehead atoms. The van der Waals surface area contributed by atoms with Gasteiger partial charge in [0.25, 0.3) is 0 Å². The maximum Gasteiger partial charge on any atom is 0.418 e. The molecule has 1 saturated carbocycles. The number of cyclic esters (lactones) is 1. The van der Waals surface area contributed by atoms with Crippen molar-refractivity contribution < 1.29 is 36.3 Å². The first-order valence-electron chi connectivity index (χ1n) is 12.1. The van der Waals surface area contributed by atoms with Crippen molar-refractivity contribution in [1.29, 1.82) is 5.26 Å². The molecule has 2 N–H and O–H groups in total. The number of nitrogens with zero attached hydrogens (tertiary/aromatic N) is 2. The molecule has 0 aromatic heterocycles. The lowest BCUT2D eigenvalue weighted by Gasteiger charge is -2.37. The summed E-state index contributed by atoms with van der Waals surface area (Å²) in [7, 11) is 0. The van der Waals surface area contributed by atoms with Gasteiger partial charge in [-0.25, -0.2) is 23.3 Å². The number of carbonyl (C=O) groups excluding carboxylic acids is 2. The number of imide groups is 1. The van der Waals surface area contributed by atoms with E-state index >= 15 is 0 Å². The van der Waals surface area contributed by atoms with Crippen molar-refractivity contribution >= 4 is 12.1 Å². The van der Waals surface area contributed by atoms with Gasteiger partial charge in [-0.1, -0.05) is 24.3 Å². The number of alkyl halides is 3. The quantitative estimate of drug-likeness (QED) is 0.392. The normalized spacial score (nSPS) is 23.6. The summed E-state index contributed by atoms with van der Waals surface area (Å²) in [5.41, 5.74) is -1.83. The highest BCUT2D eigenvalue weighted by atomic mass is 19.4. The minimum Gasteiger partial charge on any atom is -0.446 e. The summed E-state index contributed by atoms with van der Waals surface area (Å²) in [6.45, 7) is 0.216. The third-order valence-electron chi connectivity index (χ3n) is 7.06. The van der Waals surface area contributed by atoms with Gasteiger partial charge in [0.15, 0.2) is 11.6 Å². The predicted octanol–water partition coefficient (Wildman–Crippen LogP) is 5.18. The van der Waals surface area contributed by atoms with Crippen LogP contribution < -0.4 is 10.6 Å². The largest absolute Gasteiger partial charge is 0.446 e. The summed E-state index contributed by atoms with van der Waals surface area (Å²) < 4.78 is 72.4. The zero-order valence-electron chi connectivity index (χ0n) is 20.2. The molecule has 2 aliphatic rings. The van der Waals surface area contributed by atoms with Crippen LogP contribution in [0.2, 0.25) is 0 Å². The highest BCUT2D eigenvalue weighted by Crippen LogP contribution is 2.44. The van der Waals surface area contributed by atoms with Crippen molar-refractivity contribution in [3.05, 3.63) is 70.8 Å². The van der Waals surface area contributed by atoms with Crippen LogP contribution in [0.5, 0.6) is 0 Å². The third kappa shape index (κ3) is 5.57. The second-order valence-electron chi connectivity index (χ2n) is 9.33. The number of nitriles is 1. The Morgan fingerprint density at radius 1 is 1.11 bits per heavy atom. The van der Waals surface area contributed by atoms with Crippen molar-refractivity contribution in [2.45, 2.75) is 49.4 Å². The molecule has 7 nitrogen and oxygen atoms in total. The smallest absolute Gasteiger partial charge is 0.418 e. The Balaban J connectivity index is 1.29. The highest BCUT2D eigenvalue weighted by molar-refractivity contribution is 5.92. The van der Waals surface area contributed by atoms with Crippen molar-refractivity contribution in [1.82, 2.24) is 15.5 Å². The molecule has 1 aliphatic heterocycles. The van der Waals surface area contributed by atoms with Gasteiger partial charge in [0.1, 0.15) is 12.6 Å². The van der Waals surface area contributed by atoms with Gasteiger partial charge >= 0.3 is 18.3 Å². The fourth-order valence-electron chi connectivity index (χ4n) is 5.05. The minimum atomic E-state index is -4.56. The molecule has 12 heteroatoms. The van der Waals surface area contributed by atoms with Crippen LogP contribution in [0.3, 0.4) is 0 Å². The van der Waals surface area contributed by atoms with Crippen LogP contribution in [-0.4, -0.2) is 42.8 Å². The van der Waals surface area contributed by atoms with Crippen LogP contribution >= 0.6 is 0 Å². The summed E-state index contributed by atoms with van der Waals surface area (Å²) >= 11 is 0. The molecule has 0 spiro atoms. The van der Waals surface area contributed by atoms with Gasteiger partial charge < -0.3 is 15.4 Å². The lowest BCUT2D eigenvalue weighted by Crippen LogP contribution is -2.46. The van der Waals surface area contributed by atoms with Crippen LogP contribution in [0.1, 0.15) is 48.4 Å². The fourth-order valence-corrected chi connectivity index (χ4v) is 5.05. The van der Waals surface area contributed by atoms with Crippen LogP contribution in [0, 0.1) is 23.0 Å². The van der Waals surface area contributed by atoms with Crippen LogP contribution in [0.15, 0.2) is 42.5 Å². The van der Waals surface area contributed by atoms with Gasteiger partial charge in [0.2, 0.25) is 0 Å². The summed E-state index contributed by atoms with van der Waals surface area (Å²) in [6.07, 6.45) is -4.05. The molecule has 1 atom stereocenters. The van der Waals surface area contributed by atoms with E-state index in [0.29, 0.717) is 19.4 Å². The zero-order chi connectivity index (χ0) is 27.5. The molecule has 2 aromatic carbocycles. The van der Waals surface area contributed by atoms with E-state index in [0.717, 1.165) is 23.1 Å². The standard InChI is InChI=1S/C26H25F5N4O3/c27-20-6-5-16(13-21(20)28)22-14-38-24(37)35(22)23(36)34-12-11-33-17-7-9-25(15-32,10-8-17)18-3-1-2-4-19(18)26(29,30)31/h1-6,13,17,22,33H,7-12,14H2,(H,34,36). The van der Waals surface area contributed by atoms with Crippen LogP contribution in [0.25, 0.3) is 0 Å². The van der Waals surface area contributed by atoms with Crippen molar-refractivity contribution in [3.8, 4) is 6.07 Å². The molecule has 2 fully saturated rings. The third-order valence-corrected chi connectivity index (χ3v) is 7.06. The van der Waals surface area contributed by atoms with E-state index in [-0.39, 0.29) is 43.2 Å². The number of benzene rings is 2. The predicted molar refractivity (Wildman–Crippen MR) is 125 cm³/mol. The number of halogens is 5. The Hall–Kier alpha value is -3.72. The molecule has 1 heterocycles. The van der Waals surface area contributed by atoms with E-state index in [4.69, 9.17) is 4.74 Å². The maximum atomic E-state index is 13.6. The number of amides is 3. The Bertz CT molecular complexity index is 1240. The number of hydrogen-bond donors (Lipinski definition) is 2. The molecular formula is C26H25F5N4O3. The van der Waals surface area contributed by atoms with Crippen molar-refractivity contribution in [3.63, 3.8) is 0 Å². The van der Waals surface area contributed by atoms with E-state index in [1.54, 1.807) is 0 Å². The Morgan fingerprint density at radius 2 is 1.82 bits per heavy atom. The molecule has 1 unspecified atom stereocenters. The van der Waals surface area contributed by atoms with Crippen molar-refractivity contribution in [2.75, 3.05) is 19.7 Å². The molecular weight excluding hydrogens is 511 g/mol. The second-order valence-corrected chi connectivity index (χ2v) is 9.33. The Kier molecular flexibility index (Phi) is 7.87. The molecule has 202 valence electrons. The van der Waals surface area contributed by atoms with E-state index in [9.17, 15) is 36.8 Å². The molecule has 2 aromatic rings. The highest BCUT2D eigenvalue weighted by Gasteiger charge is 2.44. The first kappa shape index (κ1) is 27.3. The lowest BCUT2D eigenvalue weighted by atomic mass is 9.68. The molecule has 38 heavy (non-hydrogen) atoms. The average Bonchev–Trinajstić information content (AvgIpc) is 3.29. The number of ether oxygens (including phenoxy) is 1. The minimum absolute atomic E-state index is 0.00574. The number of urea groups is 1. The SMILES string of the molecule is N#CC1(c2ccccc2C(F)(F)F)CCC(NCCNC(=O)N2C(=O)OCC2c2ccc(F)c(F)c2)CC1. The molecule has 4 rings (SSSR count). The van der Waals surface area contributed by atoms with Crippen LogP contribution in [-0.2, 0) is 16.3 Å². The number of carbonyl (C=O) groups is 2. The maximum absolute atomic E-state index is 13.6. The first-order valence-corrected chi connectivity index (χ1v) is 12.1. The number of hydrogen-bond acceptors (Lipinski definition) is 5. The summed E-state index contributed by atoms with van der Waals surface area (Å²) in [5, 5.41) is 15.6. The second kappa shape index (κ2) is 10.9. The number of rotatable bonds is 6. The van der Waals surface area contributed by atoms with E-state index in [1.807, 2.05) is 0 Å². The number of nitrogens with one attached hydrogen (secondary N) is 2. The van der Waals surface area contributed by atoms with Gasteiger partial charge in [-0.3, -0.25) is 0 Å². The monoisotopic (exact) mass is 536 g/mol. The van der Waals surface area contributed by atoms with Gasteiger partial charge in [-0.2, -0.15) is 18.4 Å². The van der Waals surface area contributed by atoms with Crippen molar-refractivity contribution in [2.24, 2.45) is 0 Å². The van der Waals surface area contributed by atoms with Gasteiger partial charge in [-0.15, -0.1) is 0 Å². The topological polar surface area (TPSA) is 94.5 Å². The molecule has 0 radical (unpaired) electrons. The first-order chi connectivity index (χ1) is 18.1. The van der Waals surface area contributed by atoms with E-state index in [1.165, 1.54) is 24.3 Å². The Morgan fingerprint density at radius 3 is 2.47 bits per heavy atom. The molecule has 1 aliphatic carbocycles. The summed E-state index contributed by atoms with van der Waals surface area (Å²) in [5.74, 6) is -2.17. The fraction of sp³-hybridized carbons (Fsp3) is 0.423. The average molecular weight is 537 g/mol.